The van der Waals surface area contributed by atoms with E-state index in [1.165, 1.54) is 12.2 Å². The Labute approximate surface area is 80.4 Å². The molecule has 0 saturated heterocycles. The van der Waals surface area contributed by atoms with E-state index in [0.717, 1.165) is 0 Å². The summed E-state index contributed by atoms with van der Waals surface area (Å²) in [5.74, 6) is 0.266. The predicted octanol–water partition coefficient (Wildman–Crippen LogP) is 0.592. The number of hydrogen-bond acceptors (Lipinski definition) is 3. The molecule has 1 amide bonds. The first-order chi connectivity index (χ1) is 5.91. The highest BCUT2D eigenvalue weighted by Crippen LogP contribution is 2.10. The summed E-state index contributed by atoms with van der Waals surface area (Å²) >= 11 is 0. The van der Waals surface area contributed by atoms with Gasteiger partial charge >= 0.3 is 0 Å². The van der Waals surface area contributed by atoms with E-state index in [0.29, 0.717) is 0 Å². The molecule has 1 unspecified atom stereocenters. The molecule has 0 radical (unpaired) electrons. The van der Waals surface area contributed by atoms with E-state index in [2.05, 4.69) is 0 Å². The molecule has 0 spiro atoms. The summed E-state index contributed by atoms with van der Waals surface area (Å²) in [7, 11) is 6.91. The topological polar surface area (TPSA) is 32.8 Å². The molecule has 0 aromatic carbocycles. The number of rotatable bonds is 4. The summed E-state index contributed by atoms with van der Waals surface area (Å²) in [6, 6.07) is -0.120. The Morgan fingerprint density at radius 3 is 1.92 bits per heavy atom. The Bertz CT molecular complexity index is 161. The van der Waals surface area contributed by atoms with Crippen LogP contribution in [-0.4, -0.2) is 50.2 Å². The highest BCUT2D eigenvalue weighted by atomic mass is 16.7. The SMILES string of the molecule is CON(C)C(=O)C(C(C)C)N(C)C. The summed E-state index contributed by atoms with van der Waals surface area (Å²) in [6.45, 7) is 4.04. The molecule has 0 saturated carbocycles. The molecule has 4 nitrogen and oxygen atoms in total. The first kappa shape index (κ1) is 12.4. The molecule has 0 aliphatic carbocycles. The Kier molecular flexibility index (Phi) is 4.95. The normalized spacial score (nSPS) is 13.5. The lowest BCUT2D eigenvalue weighted by Gasteiger charge is -2.29. The fourth-order valence-corrected chi connectivity index (χ4v) is 1.38. The van der Waals surface area contributed by atoms with Gasteiger partial charge in [-0.3, -0.25) is 14.5 Å². The van der Waals surface area contributed by atoms with Crippen LogP contribution >= 0.6 is 0 Å². The van der Waals surface area contributed by atoms with E-state index < -0.39 is 0 Å². The standard InChI is InChI=1S/C9H20N2O2/c1-7(2)8(10(3)4)9(12)11(5)13-6/h7-8H,1-6H3. The minimum Gasteiger partial charge on any atom is -0.298 e. The van der Waals surface area contributed by atoms with Crippen LogP contribution in [0.15, 0.2) is 0 Å². The third-order valence-electron chi connectivity index (χ3n) is 2.03. The predicted molar refractivity (Wildman–Crippen MR) is 52.1 cm³/mol. The van der Waals surface area contributed by atoms with Crippen molar-refractivity contribution in [1.29, 1.82) is 0 Å². The quantitative estimate of drug-likeness (QED) is 0.605. The van der Waals surface area contributed by atoms with E-state index in [4.69, 9.17) is 4.84 Å². The van der Waals surface area contributed by atoms with E-state index in [9.17, 15) is 4.79 Å². The number of hydrogen-bond donors (Lipinski definition) is 0. The fourth-order valence-electron chi connectivity index (χ4n) is 1.38. The van der Waals surface area contributed by atoms with Gasteiger partial charge in [0.2, 0.25) is 0 Å². The van der Waals surface area contributed by atoms with Crippen molar-refractivity contribution in [2.75, 3.05) is 28.3 Å². The van der Waals surface area contributed by atoms with Crippen LogP contribution in [0.3, 0.4) is 0 Å². The molecule has 0 aliphatic heterocycles. The highest BCUT2D eigenvalue weighted by Gasteiger charge is 2.27. The van der Waals surface area contributed by atoms with Crippen LogP contribution in [0.5, 0.6) is 0 Å². The summed E-state index contributed by atoms with van der Waals surface area (Å²) in [6.07, 6.45) is 0. The molecule has 78 valence electrons. The van der Waals surface area contributed by atoms with E-state index >= 15 is 0 Å². The lowest BCUT2D eigenvalue weighted by molar-refractivity contribution is -0.175. The molecule has 0 aliphatic rings. The molecular weight excluding hydrogens is 168 g/mol. The van der Waals surface area contributed by atoms with Gasteiger partial charge in [0.15, 0.2) is 0 Å². The average molecular weight is 188 g/mol. The Morgan fingerprint density at radius 2 is 1.69 bits per heavy atom. The molecule has 0 heterocycles. The highest BCUT2D eigenvalue weighted by molar-refractivity contribution is 5.80. The van der Waals surface area contributed by atoms with Gasteiger partial charge in [-0.25, -0.2) is 5.06 Å². The van der Waals surface area contributed by atoms with Crippen LogP contribution < -0.4 is 0 Å². The van der Waals surface area contributed by atoms with Crippen molar-refractivity contribution in [2.45, 2.75) is 19.9 Å². The van der Waals surface area contributed by atoms with Crippen molar-refractivity contribution in [3.8, 4) is 0 Å². The lowest BCUT2D eigenvalue weighted by Crippen LogP contribution is -2.46. The number of likely N-dealkylation sites (N-methyl/N-ethyl adjacent to an activating group) is 2. The van der Waals surface area contributed by atoms with Crippen LogP contribution in [0.4, 0.5) is 0 Å². The molecule has 0 rings (SSSR count). The molecule has 0 aromatic heterocycles. The molecule has 0 aromatic rings. The zero-order valence-corrected chi connectivity index (χ0v) is 9.37. The maximum Gasteiger partial charge on any atom is 0.263 e. The van der Waals surface area contributed by atoms with Crippen LogP contribution in [-0.2, 0) is 9.63 Å². The molecule has 13 heavy (non-hydrogen) atoms. The second-order valence-corrected chi connectivity index (χ2v) is 3.67. The minimum absolute atomic E-state index is 0.0116. The van der Waals surface area contributed by atoms with Gasteiger partial charge in [0.1, 0.15) is 0 Å². The van der Waals surface area contributed by atoms with Crippen LogP contribution in [0.25, 0.3) is 0 Å². The zero-order chi connectivity index (χ0) is 10.6. The van der Waals surface area contributed by atoms with Gasteiger partial charge in [0.25, 0.3) is 5.91 Å². The smallest absolute Gasteiger partial charge is 0.263 e. The third kappa shape index (κ3) is 3.32. The maximum absolute atomic E-state index is 11.7. The van der Waals surface area contributed by atoms with Gasteiger partial charge in [-0.15, -0.1) is 0 Å². The molecule has 1 atom stereocenters. The zero-order valence-electron chi connectivity index (χ0n) is 9.37. The van der Waals surface area contributed by atoms with Crippen molar-refractivity contribution in [3.05, 3.63) is 0 Å². The first-order valence-electron chi connectivity index (χ1n) is 4.40. The summed E-state index contributed by atoms with van der Waals surface area (Å²) in [5.41, 5.74) is 0. The van der Waals surface area contributed by atoms with Gasteiger partial charge in [-0.1, -0.05) is 13.8 Å². The Balaban J connectivity index is 4.46. The molecule has 0 N–H and O–H groups in total. The molecule has 0 fully saturated rings. The summed E-state index contributed by atoms with van der Waals surface area (Å²) in [5, 5.41) is 1.27. The van der Waals surface area contributed by atoms with Crippen molar-refractivity contribution >= 4 is 5.91 Å². The number of amides is 1. The number of carbonyl (C=O) groups is 1. The molecule has 4 heteroatoms. The summed E-state index contributed by atoms with van der Waals surface area (Å²) < 4.78 is 0. The van der Waals surface area contributed by atoms with Crippen molar-refractivity contribution in [1.82, 2.24) is 9.96 Å². The van der Waals surface area contributed by atoms with E-state index in [-0.39, 0.29) is 17.9 Å². The van der Waals surface area contributed by atoms with Crippen molar-refractivity contribution in [3.63, 3.8) is 0 Å². The largest absolute Gasteiger partial charge is 0.298 e. The summed E-state index contributed by atoms with van der Waals surface area (Å²) in [4.78, 5) is 18.5. The average Bonchev–Trinajstić information content (AvgIpc) is 2.01. The van der Waals surface area contributed by atoms with E-state index in [1.807, 2.05) is 32.8 Å². The number of nitrogens with zero attached hydrogens (tertiary/aromatic N) is 2. The minimum atomic E-state index is -0.120. The van der Waals surface area contributed by atoms with Crippen LogP contribution in [0.1, 0.15) is 13.8 Å². The monoisotopic (exact) mass is 188 g/mol. The number of hydroxylamine groups is 2. The van der Waals surface area contributed by atoms with Crippen LogP contribution in [0, 0.1) is 5.92 Å². The first-order valence-corrected chi connectivity index (χ1v) is 4.40. The Hall–Kier alpha value is -0.610. The van der Waals surface area contributed by atoms with Gasteiger partial charge in [-0.05, 0) is 20.0 Å². The second kappa shape index (κ2) is 5.19. The maximum atomic E-state index is 11.7. The van der Waals surface area contributed by atoms with Gasteiger partial charge in [0, 0.05) is 7.05 Å². The van der Waals surface area contributed by atoms with Gasteiger partial charge in [-0.2, -0.15) is 0 Å². The molecule has 0 bridgehead atoms. The Morgan fingerprint density at radius 1 is 1.23 bits per heavy atom. The number of carbonyl (C=O) groups excluding carboxylic acids is 1. The molecular formula is C9H20N2O2. The van der Waals surface area contributed by atoms with Gasteiger partial charge < -0.3 is 0 Å². The van der Waals surface area contributed by atoms with Crippen molar-refractivity contribution < 1.29 is 9.63 Å². The van der Waals surface area contributed by atoms with Crippen LogP contribution in [0.2, 0.25) is 0 Å². The second-order valence-electron chi connectivity index (χ2n) is 3.67. The van der Waals surface area contributed by atoms with E-state index in [1.54, 1.807) is 7.05 Å². The van der Waals surface area contributed by atoms with Crippen molar-refractivity contribution in [2.24, 2.45) is 5.92 Å². The fraction of sp³-hybridized carbons (Fsp3) is 0.889. The van der Waals surface area contributed by atoms with Gasteiger partial charge in [0.05, 0.1) is 13.2 Å². The lowest BCUT2D eigenvalue weighted by atomic mass is 10.0. The third-order valence-corrected chi connectivity index (χ3v) is 2.03.